The van der Waals surface area contributed by atoms with Gasteiger partial charge in [0.2, 0.25) is 0 Å². The molecule has 1 saturated heterocycles. The van der Waals surface area contributed by atoms with Crippen LogP contribution in [0.5, 0.6) is 0 Å². The Kier molecular flexibility index (Phi) is 5.40. The topological polar surface area (TPSA) is 23.6 Å². The van der Waals surface area contributed by atoms with Crippen molar-refractivity contribution in [2.24, 2.45) is 11.8 Å². The lowest BCUT2D eigenvalue weighted by molar-refractivity contribution is -0.125. The van der Waals surface area contributed by atoms with Crippen LogP contribution in [0.2, 0.25) is 0 Å². The van der Waals surface area contributed by atoms with E-state index in [4.69, 9.17) is 0 Å². The van der Waals surface area contributed by atoms with Crippen molar-refractivity contribution in [3.05, 3.63) is 0 Å². The van der Waals surface area contributed by atoms with E-state index in [1.165, 1.54) is 19.3 Å². The average molecular weight is 266 g/mol. The molecule has 1 aliphatic carbocycles. The van der Waals surface area contributed by atoms with Crippen LogP contribution in [0.1, 0.15) is 45.4 Å². The Bertz CT molecular complexity index is 297. The van der Waals surface area contributed by atoms with Crippen LogP contribution in [0.25, 0.3) is 0 Å². The Morgan fingerprint density at radius 1 is 1.11 bits per heavy atom. The van der Waals surface area contributed by atoms with Gasteiger partial charge in [-0.05, 0) is 45.7 Å². The lowest BCUT2D eigenvalue weighted by atomic mass is 9.78. The summed E-state index contributed by atoms with van der Waals surface area (Å²) < 4.78 is 0. The largest absolute Gasteiger partial charge is 0.304 e. The first-order chi connectivity index (χ1) is 9.10. The molecule has 1 saturated carbocycles. The summed E-state index contributed by atoms with van der Waals surface area (Å²) in [6.45, 7) is 5.55. The average Bonchev–Trinajstić information content (AvgIpc) is 2.43. The molecule has 3 heteroatoms. The molecule has 3 nitrogen and oxygen atoms in total. The molecule has 2 fully saturated rings. The molecular formula is C16H30N2O. The highest BCUT2D eigenvalue weighted by Gasteiger charge is 2.30. The van der Waals surface area contributed by atoms with Crippen molar-refractivity contribution in [1.82, 2.24) is 9.80 Å². The first-order valence-electron chi connectivity index (χ1n) is 8.01. The van der Waals surface area contributed by atoms with E-state index in [-0.39, 0.29) is 0 Å². The van der Waals surface area contributed by atoms with Gasteiger partial charge in [-0.2, -0.15) is 0 Å². The zero-order chi connectivity index (χ0) is 13.8. The number of hydrogen-bond donors (Lipinski definition) is 0. The second kappa shape index (κ2) is 6.85. The van der Waals surface area contributed by atoms with E-state index < -0.39 is 0 Å². The molecule has 0 aromatic heterocycles. The van der Waals surface area contributed by atoms with Gasteiger partial charge in [0, 0.05) is 38.0 Å². The van der Waals surface area contributed by atoms with Gasteiger partial charge in [-0.15, -0.1) is 0 Å². The van der Waals surface area contributed by atoms with Gasteiger partial charge < -0.3 is 9.80 Å². The van der Waals surface area contributed by atoms with Crippen LogP contribution in [0, 0.1) is 11.8 Å². The summed E-state index contributed by atoms with van der Waals surface area (Å²) in [6.07, 6.45) is 6.88. The Morgan fingerprint density at radius 3 is 2.42 bits per heavy atom. The molecule has 110 valence electrons. The molecule has 2 rings (SSSR count). The van der Waals surface area contributed by atoms with Gasteiger partial charge in [0.25, 0.3) is 0 Å². The molecule has 1 aliphatic heterocycles. The molecule has 1 heterocycles. The third-order valence-corrected chi connectivity index (χ3v) is 5.30. The maximum Gasteiger partial charge on any atom is 0.137 e. The van der Waals surface area contributed by atoms with E-state index in [0.29, 0.717) is 17.7 Å². The highest BCUT2D eigenvalue weighted by molar-refractivity contribution is 5.81. The third-order valence-electron chi connectivity index (χ3n) is 5.30. The minimum Gasteiger partial charge on any atom is -0.304 e. The van der Waals surface area contributed by atoms with E-state index in [9.17, 15) is 4.79 Å². The van der Waals surface area contributed by atoms with Gasteiger partial charge in [0.05, 0.1) is 0 Å². The predicted octanol–water partition coefficient (Wildman–Crippen LogP) is 2.41. The van der Waals surface area contributed by atoms with E-state index in [1.54, 1.807) is 0 Å². The minimum absolute atomic E-state index is 0.364. The third kappa shape index (κ3) is 4.03. The van der Waals surface area contributed by atoms with Crippen molar-refractivity contribution < 1.29 is 4.79 Å². The van der Waals surface area contributed by atoms with Gasteiger partial charge >= 0.3 is 0 Å². The summed E-state index contributed by atoms with van der Waals surface area (Å²) in [7, 11) is 4.33. The Morgan fingerprint density at radius 2 is 1.79 bits per heavy atom. The van der Waals surface area contributed by atoms with E-state index in [1.807, 2.05) is 0 Å². The number of likely N-dealkylation sites (N-methyl/N-ethyl adjacent to an activating group) is 2. The molecule has 2 aliphatic rings. The van der Waals surface area contributed by atoms with Crippen molar-refractivity contribution in [1.29, 1.82) is 0 Å². The summed E-state index contributed by atoms with van der Waals surface area (Å²) in [5, 5.41) is 0. The first-order valence-corrected chi connectivity index (χ1v) is 8.01. The highest BCUT2D eigenvalue weighted by atomic mass is 16.1. The van der Waals surface area contributed by atoms with Crippen LogP contribution in [-0.4, -0.2) is 55.4 Å². The van der Waals surface area contributed by atoms with Crippen molar-refractivity contribution >= 4 is 5.78 Å². The fourth-order valence-electron chi connectivity index (χ4n) is 3.61. The fourth-order valence-corrected chi connectivity index (χ4v) is 3.61. The molecule has 0 radical (unpaired) electrons. The number of rotatable bonds is 4. The zero-order valence-electron chi connectivity index (χ0n) is 12.9. The Balaban J connectivity index is 1.80. The summed E-state index contributed by atoms with van der Waals surface area (Å²) in [5.74, 6) is 1.78. The first kappa shape index (κ1) is 15.0. The second-order valence-electron chi connectivity index (χ2n) is 6.69. The summed E-state index contributed by atoms with van der Waals surface area (Å²) in [4.78, 5) is 17.2. The molecular weight excluding hydrogens is 236 g/mol. The maximum atomic E-state index is 12.5. The van der Waals surface area contributed by atoms with Gasteiger partial charge in [0.1, 0.15) is 5.78 Å². The smallest absolute Gasteiger partial charge is 0.137 e. The quantitative estimate of drug-likeness (QED) is 0.781. The number of carbonyl (C=O) groups is 1. The Labute approximate surface area is 118 Å². The molecule has 0 aromatic carbocycles. The monoisotopic (exact) mass is 266 g/mol. The number of piperazine rings is 1. The normalized spacial score (nSPS) is 34.4. The molecule has 0 spiro atoms. The summed E-state index contributed by atoms with van der Waals surface area (Å²) >= 11 is 0. The summed E-state index contributed by atoms with van der Waals surface area (Å²) in [5.41, 5.74) is 0. The van der Waals surface area contributed by atoms with Gasteiger partial charge in [-0.3, -0.25) is 4.79 Å². The second-order valence-corrected chi connectivity index (χ2v) is 6.69. The SMILES string of the molecule is CCC1CCC(C(=O)CC2CN(C)CCN2C)CC1. The molecule has 0 amide bonds. The lowest BCUT2D eigenvalue weighted by Gasteiger charge is -2.38. The van der Waals surface area contributed by atoms with Crippen molar-refractivity contribution in [3.8, 4) is 0 Å². The van der Waals surface area contributed by atoms with Crippen molar-refractivity contribution in [2.75, 3.05) is 33.7 Å². The molecule has 19 heavy (non-hydrogen) atoms. The van der Waals surface area contributed by atoms with Crippen LogP contribution < -0.4 is 0 Å². The Hall–Kier alpha value is -0.410. The van der Waals surface area contributed by atoms with E-state index >= 15 is 0 Å². The molecule has 0 aromatic rings. The molecule has 0 N–H and O–H groups in total. The minimum atomic E-state index is 0.364. The summed E-state index contributed by atoms with van der Waals surface area (Å²) in [6, 6.07) is 0.440. The van der Waals surface area contributed by atoms with Crippen LogP contribution >= 0.6 is 0 Å². The number of nitrogens with zero attached hydrogens (tertiary/aromatic N) is 2. The van der Waals surface area contributed by atoms with Crippen molar-refractivity contribution in [2.45, 2.75) is 51.5 Å². The highest BCUT2D eigenvalue weighted by Crippen LogP contribution is 2.32. The standard InChI is InChI=1S/C16H30N2O/c1-4-13-5-7-14(8-6-13)16(19)11-15-12-17(2)9-10-18(15)3/h13-15H,4-12H2,1-3H3. The van der Waals surface area contributed by atoms with Gasteiger partial charge in [-0.1, -0.05) is 13.3 Å². The number of Topliss-reactive ketones (excluding diaryl/α,β-unsaturated/α-hetero) is 1. The van der Waals surface area contributed by atoms with Crippen LogP contribution in [0.15, 0.2) is 0 Å². The van der Waals surface area contributed by atoms with Crippen molar-refractivity contribution in [3.63, 3.8) is 0 Å². The number of ketones is 1. The fraction of sp³-hybridized carbons (Fsp3) is 0.938. The van der Waals surface area contributed by atoms with Crippen LogP contribution in [0.4, 0.5) is 0 Å². The molecule has 1 atom stereocenters. The predicted molar refractivity (Wildman–Crippen MR) is 79.3 cm³/mol. The van der Waals surface area contributed by atoms with E-state index in [2.05, 4.69) is 30.8 Å². The zero-order valence-corrected chi connectivity index (χ0v) is 12.9. The molecule has 1 unspecified atom stereocenters. The van der Waals surface area contributed by atoms with Gasteiger partial charge in [-0.25, -0.2) is 0 Å². The van der Waals surface area contributed by atoms with Gasteiger partial charge in [0.15, 0.2) is 0 Å². The van der Waals surface area contributed by atoms with E-state index in [0.717, 1.165) is 44.8 Å². The van der Waals surface area contributed by atoms with Crippen LogP contribution in [0.3, 0.4) is 0 Å². The number of hydrogen-bond acceptors (Lipinski definition) is 3. The van der Waals surface area contributed by atoms with Crippen LogP contribution in [-0.2, 0) is 4.79 Å². The number of carbonyl (C=O) groups excluding carboxylic acids is 1. The maximum absolute atomic E-state index is 12.5. The molecule has 0 bridgehead atoms. The lowest BCUT2D eigenvalue weighted by Crippen LogP contribution is -2.51.